The highest BCUT2D eigenvalue weighted by atomic mass is 79.9. The Kier molecular flexibility index (Phi) is 4.17. The second-order valence-corrected chi connectivity index (χ2v) is 5.06. The Morgan fingerprint density at radius 3 is 2.60 bits per heavy atom. The number of ether oxygens (including phenoxy) is 1. The Labute approximate surface area is 99.9 Å². The minimum absolute atomic E-state index is 0.0955. The lowest BCUT2D eigenvalue weighted by atomic mass is 10.1. The van der Waals surface area contributed by atoms with Crippen molar-refractivity contribution in [2.24, 2.45) is 0 Å². The van der Waals surface area contributed by atoms with E-state index >= 15 is 0 Å². The van der Waals surface area contributed by atoms with Crippen LogP contribution in [-0.2, 0) is 11.3 Å². The van der Waals surface area contributed by atoms with Crippen LogP contribution in [0.25, 0.3) is 0 Å². The highest BCUT2D eigenvalue weighted by Gasteiger charge is 2.16. The third-order valence-corrected chi connectivity index (χ3v) is 3.36. The summed E-state index contributed by atoms with van der Waals surface area (Å²) in [6, 6.07) is 5.80. The van der Waals surface area contributed by atoms with E-state index in [4.69, 9.17) is 10.5 Å². The van der Waals surface area contributed by atoms with Crippen LogP contribution in [0.5, 0.6) is 0 Å². The van der Waals surface area contributed by atoms with Gasteiger partial charge in [0, 0.05) is 15.7 Å². The zero-order valence-electron chi connectivity index (χ0n) is 9.51. The first-order valence-electron chi connectivity index (χ1n) is 5.13. The molecule has 0 atom stereocenters. The third-order valence-electron chi connectivity index (χ3n) is 2.61. The summed E-state index contributed by atoms with van der Waals surface area (Å²) in [5.41, 5.74) is 7.59. The number of nitrogens with two attached hydrogens (primary N) is 1. The number of anilines is 1. The lowest BCUT2D eigenvalue weighted by molar-refractivity contribution is -0.0315. The summed E-state index contributed by atoms with van der Waals surface area (Å²) in [6.45, 7) is 6.83. The van der Waals surface area contributed by atoms with Gasteiger partial charge in [0.25, 0.3) is 0 Å². The fraction of sp³-hybridized carbons (Fsp3) is 0.500. The molecular formula is C12H18BrNO. The highest BCUT2D eigenvalue weighted by Crippen LogP contribution is 2.25. The first-order valence-corrected chi connectivity index (χ1v) is 5.92. The van der Waals surface area contributed by atoms with Crippen LogP contribution in [0, 0.1) is 0 Å². The summed E-state index contributed by atoms with van der Waals surface area (Å²) in [4.78, 5) is 0. The molecule has 1 aromatic rings. The molecule has 0 saturated carbocycles. The normalized spacial score (nSPS) is 11.7. The number of nitrogen functional groups attached to an aromatic ring is 1. The van der Waals surface area contributed by atoms with E-state index < -0.39 is 0 Å². The van der Waals surface area contributed by atoms with Crippen molar-refractivity contribution in [3.8, 4) is 0 Å². The van der Waals surface area contributed by atoms with Gasteiger partial charge in [-0.25, -0.2) is 0 Å². The van der Waals surface area contributed by atoms with Crippen LogP contribution < -0.4 is 5.73 Å². The summed E-state index contributed by atoms with van der Waals surface area (Å²) < 4.78 is 6.83. The minimum atomic E-state index is -0.0955. The molecule has 15 heavy (non-hydrogen) atoms. The van der Waals surface area contributed by atoms with E-state index in [2.05, 4.69) is 36.7 Å². The predicted molar refractivity (Wildman–Crippen MR) is 67.7 cm³/mol. The summed E-state index contributed by atoms with van der Waals surface area (Å²) in [7, 11) is 0. The summed E-state index contributed by atoms with van der Waals surface area (Å²) in [6.07, 6.45) is 0.983. The molecule has 0 aliphatic rings. The van der Waals surface area contributed by atoms with Gasteiger partial charge in [-0.15, -0.1) is 0 Å². The molecule has 0 aliphatic heterocycles. The average molecular weight is 272 g/mol. The maximum absolute atomic E-state index is 5.88. The standard InChI is InChI=1S/C12H18BrNO/c1-4-12(2,3)15-8-9-10(13)6-5-7-11(9)14/h5-7H,4,8,14H2,1-3H3. The van der Waals surface area contributed by atoms with E-state index in [1.165, 1.54) is 0 Å². The molecule has 0 radical (unpaired) electrons. The van der Waals surface area contributed by atoms with Gasteiger partial charge >= 0.3 is 0 Å². The molecule has 0 heterocycles. The number of hydrogen-bond acceptors (Lipinski definition) is 2. The third kappa shape index (κ3) is 3.50. The second-order valence-electron chi connectivity index (χ2n) is 4.21. The van der Waals surface area contributed by atoms with Crippen molar-refractivity contribution in [2.45, 2.75) is 39.4 Å². The fourth-order valence-electron chi connectivity index (χ4n) is 1.10. The van der Waals surface area contributed by atoms with Crippen LogP contribution in [0.2, 0.25) is 0 Å². The molecule has 0 fully saturated rings. The number of halogens is 1. The molecule has 0 bridgehead atoms. The van der Waals surface area contributed by atoms with Gasteiger partial charge < -0.3 is 10.5 Å². The first-order chi connectivity index (χ1) is 6.96. The Balaban J connectivity index is 2.73. The first kappa shape index (κ1) is 12.5. The van der Waals surface area contributed by atoms with Crippen molar-refractivity contribution in [3.05, 3.63) is 28.2 Å². The van der Waals surface area contributed by atoms with Crippen LogP contribution in [0.15, 0.2) is 22.7 Å². The van der Waals surface area contributed by atoms with E-state index in [0.717, 1.165) is 22.1 Å². The molecule has 0 saturated heterocycles. The van der Waals surface area contributed by atoms with Gasteiger partial charge in [-0.1, -0.05) is 28.9 Å². The smallest absolute Gasteiger partial charge is 0.0755 e. The molecule has 0 aromatic heterocycles. The van der Waals surface area contributed by atoms with Crippen LogP contribution in [0.3, 0.4) is 0 Å². The topological polar surface area (TPSA) is 35.2 Å². The van der Waals surface area contributed by atoms with Gasteiger partial charge in [0.1, 0.15) is 0 Å². The SMILES string of the molecule is CCC(C)(C)OCc1c(N)cccc1Br. The summed E-state index contributed by atoms with van der Waals surface area (Å²) in [5, 5.41) is 0. The van der Waals surface area contributed by atoms with Crippen molar-refractivity contribution in [1.82, 2.24) is 0 Å². The van der Waals surface area contributed by atoms with E-state index in [0.29, 0.717) is 6.61 Å². The lowest BCUT2D eigenvalue weighted by Crippen LogP contribution is -2.23. The molecule has 84 valence electrons. The zero-order valence-corrected chi connectivity index (χ0v) is 11.1. The highest BCUT2D eigenvalue weighted by molar-refractivity contribution is 9.10. The number of benzene rings is 1. The van der Waals surface area contributed by atoms with E-state index in [-0.39, 0.29) is 5.60 Å². The molecule has 3 heteroatoms. The van der Waals surface area contributed by atoms with Gasteiger partial charge in [0.2, 0.25) is 0 Å². The number of rotatable bonds is 4. The average Bonchev–Trinajstić information content (AvgIpc) is 2.17. The van der Waals surface area contributed by atoms with E-state index in [1.807, 2.05) is 18.2 Å². The Morgan fingerprint density at radius 1 is 1.40 bits per heavy atom. The monoisotopic (exact) mass is 271 g/mol. The fourth-order valence-corrected chi connectivity index (χ4v) is 1.59. The molecule has 0 amide bonds. The van der Waals surface area contributed by atoms with Gasteiger partial charge in [0.15, 0.2) is 0 Å². The maximum Gasteiger partial charge on any atom is 0.0755 e. The molecule has 0 aliphatic carbocycles. The van der Waals surface area contributed by atoms with Gasteiger partial charge in [-0.3, -0.25) is 0 Å². The Hall–Kier alpha value is -0.540. The second kappa shape index (κ2) is 4.99. The quantitative estimate of drug-likeness (QED) is 0.847. The molecule has 0 unspecified atom stereocenters. The molecule has 1 aromatic carbocycles. The molecule has 2 N–H and O–H groups in total. The maximum atomic E-state index is 5.88. The van der Waals surface area contributed by atoms with Gasteiger partial charge in [-0.05, 0) is 32.4 Å². The summed E-state index contributed by atoms with van der Waals surface area (Å²) >= 11 is 3.48. The molecule has 1 rings (SSSR count). The van der Waals surface area contributed by atoms with Crippen molar-refractivity contribution < 1.29 is 4.74 Å². The van der Waals surface area contributed by atoms with Crippen LogP contribution in [-0.4, -0.2) is 5.60 Å². The molecule has 2 nitrogen and oxygen atoms in total. The summed E-state index contributed by atoms with van der Waals surface area (Å²) in [5.74, 6) is 0. The van der Waals surface area contributed by atoms with Gasteiger partial charge in [-0.2, -0.15) is 0 Å². The van der Waals surface area contributed by atoms with Crippen LogP contribution >= 0.6 is 15.9 Å². The van der Waals surface area contributed by atoms with Crippen LogP contribution in [0.4, 0.5) is 5.69 Å². The van der Waals surface area contributed by atoms with E-state index in [9.17, 15) is 0 Å². The number of hydrogen-bond donors (Lipinski definition) is 1. The molecule has 0 spiro atoms. The van der Waals surface area contributed by atoms with Crippen molar-refractivity contribution in [3.63, 3.8) is 0 Å². The van der Waals surface area contributed by atoms with Crippen molar-refractivity contribution in [2.75, 3.05) is 5.73 Å². The Bertz CT molecular complexity index is 316. The van der Waals surface area contributed by atoms with Crippen molar-refractivity contribution in [1.29, 1.82) is 0 Å². The largest absolute Gasteiger partial charge is 0.398 e. The lowest BCUT2D eigenvalue weighted by Gasteiger charge is -2.24. The molecular weight excluding hydrogens is 254 g/mol. The van der Waals surface area contributed by atoms with Crippen molar-refractivity contribution >= 4 is 21.6 Å². The van der Waals surface area contributed by atoms with Gasteiger partial charge in [0.05, 0.1) is 12.2 Å². The van der Waals surface area contributed by atoms with Crippen LogP contribution in [0.1, 0.15) is 32.8 Å². The predicted octanol–water partition coefficient (Wildman–Crippen LogP) is 3.74. The van der Waals surface area contributed by atoms with E-state index in [1.54, 1.807) is 0 Å². The minimum Gasteiger partial charge on any atom is -0.398 e. The zero-order chi connectivity index (χ0) is 11.5. The Morgan fingerprint density at radius 2 is 2.07 bits per heavy atom.